The first kappa shape index (κ1) is 18.2. The molecule has 0 aliphatic carbocycles. The van der Waals surface area contributed by atoms with Crippen LogP contribution in [0.2, 0.25) is 0 Å². The minimum Gasteiger partial charge on any atom is -0.497 e. The molecule has 0 unspecified atom stereocenters. The Bertz CT molecular complexity index is 682. The molecule has 1 aromatic rings. The summed E-state index contributed by atoms with van der Waals surface area (Å²) >= 11 is 6.45. The van der Waals surface area contributed by atoms with E-state index in [0.717, 1.165) is 11.3 Å². The summed E-state index contributed by atoms with van der Waals surface area (Å²) in [6, 6.07) is 7.36. The molecule has 126 valence electrons. The Morgan fingerprint density at radius 2 is 2.08 bits per heavy atom. The third-order valence-corrected chi connectivity index (χ3v) is 4.57. The Morgan fingerprint density at radius 1 is 1.38 bits per heavy atom. The molecular formula is C17H17NO4S2. The van der Waals surface area contributed by atoms with Crippen molar-refractivity contribution < 1.29 is 19.1 Å². The lowest BCUT2D eigenvalue weighted by molar-refractivity contribution is -0.142. The molecule has 2 rings (SSSR count). The molecule has 1 fully saturated rings. The molecule has 5 nitrogen and oxygen atoms in total. The third kappa shape index (κ3) is 4.69. The maximum atomic E-state index is 12.4. The fourth-order valence-electron chi connectivity index (χ4n) is 1.97. The number of carbonyl (C=O) groups is 2. The smallest absolute Gasteiger partial charge is 0.307 e. The number of amides is 1. The highest BCUT2D eigenvalue weighted by molar-refractivity contribution is 8.26. The molecule has 0 atom stereocenters. The Kier molecular flexibility index (Phi) is 6.57. The average molecular weight is 363 g/mol. The number of nitrogens with zero attached hydrogens (tertiary/aromatic N) is 1. The largest absolute Gasteiger partial charge is 0.497 e. The van der Waals surface area contributed by atoms with Gasteiger partial charge in [0.05, 0.1) is 18.4 Å². The van der Waals surface area contributed by atoms with Crippen LogP contribution in [0.5, 0.6) is 5.75 Å². The standard InChI is InChI=1S/C17H17NO4S2/c1-3-10-22-15(19)8-9-18-16(20)14(24-17(18)23)11-12-4-6-13(21-2)7-5-12/h3-7,11H,1,8-10H2,2H3. The second-order valence-corrected chi connectivity index (χ2v) is 6.50. The summed E-state index contributed by atoms with van der Waals surface area (Å²) in [5.74, 6) is 0.165. The van der Waals surface area contributed by atoms with Crippen molar-refractivity contribution in [2.24, 2.45) is 0 Å². The van der Waals surface area contributed by atoms with Crippen LogP contribution >= 0.6 is 24.0 Å². The van der Waals surface area contributed by atoms with Crippen LogP contribution in [-0.2, 0) is 14.3 Å². The number of benzene rings is 1. The molecule has 1 amide bonds. The molecule has 0 bridgehead atoms. The highest BCUT2D eigenvalue weighted by atomic mass is 32.2. The third-order valence-electron chi connectivity index (χ3n) is 3.19. The molecule has 7 heteroatoms. The van der Waals surface area contributed by atoms with Crippen LogP contribution in [0.1, 0.15) is 12.0 Å². The van der Waals surface area contributed by atoms with E-state index in [1.54, 1.807) is 13.2 Å². The monoisotopic (exact) mass is 363 g/mol. The maximum Gasteiger partial charge on any atom is 0.307 e. The van der Waals surface area contributed by atoms with Gasteiger partial charge < -0.3 is 9.47 Å². The zero-order valence-corrected chi connectivity index (χ0v) is 14.8. The first-order valence-corrected chi connectivity index (χ1v) is 8.43. The van der Waals surface area contributed by atoms with Gasteiger partial charge in [0.2, 0.25) is 0 Å². The van der Waals surface area contributed by atoms with Gasteiger partial charge in [-0.25, -0.2) is 0 Å². The van der Waals surface area contributed by atoms with Crippen molar-refractivity contribution in [1.82, 2.24) is 4.90 Å². The van der Waals surface area contributed by atoms with Crippen molar-refractivity contribution in [1.29, 1.82) is 0 Å². The zero-order chi connectivity index (χ0) is 17.5. The van der Waals surface area contributed by atoms with E-state index < -0.39 is 0 Å². The second-order valence-electron chi connectivity index (χ2n) is 4.83. The molecule has 0 N–H and O–H groups in total. The lowest BCUT2D eigenvalue weighted by Gasteiger charge is -2.13. The summed E-state index contributed by atoms with van der Waals surface area (Å²) in [6.45, 7) is 3.84. The van der Waals surface area contributed by atoms with E-state index in [-0.39, 0.29) is 31.4 Å². The molecule has 1 heterocycles. The van der Waals surface area contributed by atoms with Crippen LogP contribution < -0.4 is 4.74 Å². The fraction of sp³-hybridized carbons (Fsp3) is 0.235. The Hall–Kier alpha value is -2.12. The second kappa shape index (κ2) is 8.65. The van der Waals surface area contributed by atoms with Crippen molar-refractivity contribution in [2.75, 3.05) is 20.3 Å². The van der Waals surface area contributed by atoms with Crippen LogP contribution in [0.3, 0.4) is 0 Å². The summed E-state index contributed by atoms with van der Waals surface area (Å²) in [4.78, 5) is 25.9. The Balaban J connectivity index is 2.00. The number of hydrogen-bond acceptors (Lipinski definition) is 6. The van der Waals surface area contributed by atoms with E-state index in [2.05, 4.69) is 6.58 Å². The Morgan fingerprint density at radius 3 is 2.71 bits per heavy atom. The predicted molar refractivity (Wildman–Crippen MR) is 98.6 cm³/mol. The average Bonchev–Trinajstić information content (AvgIpc) is 2.85. The van der Waals surface area contributed by atoms with Crippen molar-refractivity contribution in [3.8, 4) is 5.75 Å². The normalized spacial score (nSPS) is 15.7. The molecule has 1 saturated heterocycles. The van der Waals surface area contributed by atoms with Gasteiger partial charge >= 0.3 is 5.97 Å². The lowest BCUT2D eigenvalue weighted by Crippen LogP contribution is -2.30. The van der Waals surface area contributed by atoms with E-state index >= 15 is 0 Å². The SMILES string of the molecule is C=CCOC(=O)CCN1C(=O)C(=Cc2ccc(OC)cc2)SC1=S. The molecule has 1 aromatic carbocycles. The maximum absolute atomic E-state index is 12.4. The van der Waals surface area contributed by atoms with Gasteiger partial charge in [-0.2, -0.15) is 0 Å². The van der Waals surface area contributed by atoms with E-state index in [9.17, 15) is 9.59 Å². The van der Waals surface area contributed by atoms with Gasteiger partial charge in [-0.1, -0.05) is 48.8 Å². The molecular weight excluding hydrogens is 346 g/mol. The highest BCUT2D eigenvalue weighted by Crippen LogP contribution is 2.32. The van der Waals surface area contributed by atoms with Crippen LogP contribution in [0.4, 0.5) is 0 Å². The van der Waals surface area contributed by atoms with E-state index in [4.69, 9.17) is 21.7 Å². The van der Waals surface area contributed by atoms with E-state index in [0.29, 0.717) is 9.23 Å². The van der Waals surface area contributed by atoms with Crippen LogP contribution in [0.25, 0.3) is 6.08 Å². The summed E-state index contributed by atoms with van der Waals surface area (Å²) < 4.78 is 10.4. The first-order chi connectivity index (χ1) is 11.5. The summed E-state index contributed by atoms with van der Waals surface area (Å²) in [5.41, 5.74) is 0.877. The Labute approximate surface area is 150 Å². The van der Waals surface area contributed by atoms with E-state index in [1.807, 2.05) is 24.3 Å². The molecule has 1 aliphatic heterocycles. The number of thiocarbonyl (C=S) groups is 1. The zero-order valence-electron chi connectivity index (χ0n) is 13.2. The summed E-state index contributed by atoms with van der Waals surface area (Å²) in [6.07, 6.45) is 3.36. The topological polar surface area (TPSA) is 55.8 Å². The van der Waals surface area contributed by atoms with Gasteiger partial charge in [-0.15, -0.1) is 0 Å². The van der Waals surface area contributed by atoms with Crippen LogP contribution in [0, 0.1) is 0 Å². The van der Waals surface area contributed by atoms with Crippen molar-refractivity contribution in [2.45, 2.75) is 6.42 Å². The van der Waals surface area contributed by atoms with Crippen molar-refractivity contribution in [3.63, 3.8) is 0 Å². The van der Waals surface area contributed by atoms with Gasteiger partial charge in [0, 0.05) is 6.54 Å². The fourth-order valence-corrected chi connectivity index (χ4v) is 3.28. The minimum absolute atomic E-state index is 0.0933. The molecule has 0 radical (unpaired) electrons. The quantitative estimate of drug-likeness (QED) is 0.321. The molecule has 24 heavy (non-hydrogen) atoms. The van der Waals surface area contributed by atoms with Gasteiger partial charge in [-0.3, -0.25) is 14.5 Å². The summed E-state index contributed by atoms with van der Waals surface area (Å²) in [5, 5.41) is 0. The van der Waals surface area contributed by atoms with Gasteiger partial charge in [-0.05, 0) is 23.8 Å². The number of carbonyl (C=O) groups excluding carboxylic acids is 2. The van der Waals surface area contributed by atoms with Crippen molar-refractivity contribution in [3.05, 3.63) is 47.4 Å². The van der Waals surface area contributed by atoms with Gasteiger partial charge in [0.15, 0.2) is 0 Å². The summed E-state index contributed by atoms with van der Waals surface area (Å²) in [7, 11) is 1.60. The number of methoxy groups -OCH3 is 1. The highest BCUT2D eigenvalue weighted by Gasteiger charge is 2.32. The molecule has 0 aromatic heterocycles. The molecule has 0 saturated carbocycles. The van der Waals surface area contributed by atoms with Crippen LogP contribution in [-0.4, -0.2) is 41.4 Å². The first-order valence-electron chi connectivity index (χ1n) is 7.21. The number of thioether (sulfide) groups is 1. The predicted octanol–water partition coefficient (Wildman–Crippen LogP) is 3.02. The van der Waals surface area contributed by atoms with Crippen molar-refractivity contribution >= 4 is 46.3 Å². The van der Waals surface area contributed by atoms with E-state index in [1.165, 1.54) is 22.7 Å². The van der Waals surface area contributed by atoms with Gasteiger partial charge in [0.25, 0.3) is 5.91 Å². The number of hydrogen-bond donors (Lipinski definition) is 0. The number of esters is 1. The number of rotatable bonds is 7. The lowest BCUT2D eigenvalue weighted by atomic mass is 10.2. The minimum atomic E-state index is -0.386. The molecule has 0 spiro atoms. The molecule has 1 aliphatic rings. The number of ether oxygens (including phenoxy) is 2. The van der Waals surface area contributed by atoms with Crippen LogP contribution in [0.15, 0.2) is 41.8 Å². The van der Waals surface area contributed by atoms with Gasteiger partial charge in [0.1, 0.15) is 16.7 Å².